The van der Waals surface area contributed by atoms with Crippen LogP contribution in [0.2, 0.25) is 0 Å². The number of hydrogen-bond donors (Lipinski definition) is 1. The van der Waals surface area contributed by atoms with Crippen LogP contribution in [-0.4, -0.2) is 9.78 Å². The van der Waals surface area contributed by atoms with Gasteiger partial charge >= 0.3 is 0 Å². The smallest absolute Gasteiger partial charge is 0.200 e. The van der Waals surface area contributed by atoms with Crippen LogP contribution >= 0.6 is 0 Å². The molecule has 2 aromatic rings. The second-order valence-corrected chi connectivity index (χ2v) is 4.57. The lowest BCUT2D eigenvalue weighted by Gasteiger charge is -2.15. The molecule has 0 spiro atoms. The van der Waals surface area contributed by atoms with Crippen LogP contribution in [0.25, 0.3) is 0 Å². The molecule has 1 aromatic carbocycles. The van der Waals surface area contributed by atoms with Gasteiger partial charge in [0.05, 0.1) is 0 Å². The lowest BCUT2D eigenvalue weighted by molar-refractivity contribution is 0.362. The van der Waals surface area contributed by atoms with Crippen molar-refractivity contribution in [3.63, 3.8) is 0 Å². The Kier molecular flexibility index (Phi) is 4.26. The number of benzene rings is 1. The molecule has 1 aromatic heterocycles. The standard InChI is InChI=1S/C13H12F5N3/c1-21-6(4-5-20-21)2-3-7(19)8-9(14)11(16)13(18)12(17)10(8)15/h4-5,7H,2-3,19H2,1H3. The van der Waals surface area contributed by atoms with Gasteiger partial charge in [-0.2, -0.15) is 5.10 Å². The molecule has 0 aliphatic heterocycles. The summed E-state index contributed by atoms with van der Waals surface area (Å²) < 4.78 is 67.9. The monoisotopic (exact) mass is 305 g/mol. The quantitative estimate of drug-likeness (QED) is 0.536. The Morgan fingerprint density at radius 2 is 1.57 bits per heavy atom. The van der Waals surface area contributed by atoms with Crippen LogP contribution in [0.15, 0.2) is 12.3 Å². The largest absolute Gasteiger partial charge is 0.324 e. The second kappa shape index (κ2) is 5.80. The van der Waals surface area contributed by atoms with Gasteiger partial charge in [-0.3, -0.25) is 4.68 Å². The first-order valence-corrected chi connectivity index (χ1v) is 6.08. The minimum atomic E-state index is -2.19. The van der Waals surface area contributed by atoms with Crippen LogP contribution in [0.3, 0.4) is 0 Å². The Balaban J connectivity index is 2.27. The first-order valence-electron chi connectivity index (χ1n) is 6.08. The third-order valence-electron chi connectivity index (χ3n) is 3.25. The van der Waals surface area contributed by atoms with Crippen LogP contribution in [0.4, 0.5) is 22.0 Å². The van der Waals surface area contributed by atoms with E-state index in [9.17, 15) is 22.0 Å². The van der Waals surface area contributed by atoms with E-state index in [-0.39, 0.29) is 12.8 Å². The zero-order valence-corrected chi connectivity index (χ0v) is 11.0. The first kappa shape index (κ1) is 15.4. The maximum absolute atomic E-state index is 13.6. The Morgan fingerprint density at radius 3 is 2.05 bits per heavy atom. The molecule has 1 heterocycles. The van der Waals surface area contributed by atoms with Crippen LogP contribution in [0.1, 0.15) is 23.7 Å². The minimum Gasteiger partial charge on any atom is -0.324 e. The summed E-state index contributed by atoms with van der Waals surface area (Å²) in [6, 6.07) is 0.357. The Hall–Kier alpha value is -1.96. The fraction of sp³-hybridized carbons (Fsp3) is 0.308. The average Bonchev–Trinajstić information content (AvgIpc) is 2.86. The molecular formula is C13H12F5N3. The van der Waals surface area contributed by atoms with E-state index in [0.29, 0.717) is 0 Å². The summed E-state index contributed by atoms with van der Waals surface area (Å²) in [5.41, 5.74) is 5.32. The highest BCUT2D eigenvalue weighted by Gasteiger charge is 2.28. The SMILES string of the molecule is Cn1nccc1CCC(N)c1c(F)c(F)c(F)c(F)c1F. The maximum Gasteiger partial charge on any atom is 0.200 e. The summed E-state index contributed by atoms with van der Waals surface area (Å²) in [6.45, 7) is 0. The summed E-state index contributed by atoms with van der Waals surface area (Å²) in [7, 11) is 1.67. The lowest BCUT2D eigenvalue weighted by atomic mass is 10.00. The van der Waals surface area contributed by atoms with Crippen molar-refractivity contribution >= 4 is 0 Å². The van der Waals surface area contributed by atoms with Crippen molar-refractivity contribution < 1.29 is 22.0 Å². The highest BCUT2D eigenvalue weighted by Crippen LogP contribution is 2.28. The van der Waals surface area contributed by atoms with Gasteiger partial charge in [0.1, 0.15) is 0 Å². The molecule has 0 bridgehead atoms. The third-order valence-corrected chi connectivity index (χ3v) is 3.25. The summed E-state index contributed by atoms with van der Waals surface area (Å²) in [6.07, 6.45) is 1.83. The van der Waals surface area contributed by atoms with E-state index >= 15 is 0 Å². The van der Waals surface area contributed by atoms with Gasteiger partial charge in [0, 0.05) is 30.5 Å². The molecule has 21 heavy (non-hydrogen) atoms. The van der Waals surface area contributed by atoms with E-state index in [1.165, 1.54) is 10.9 Å². The predicted octanol–water partition coefficient (Wildman–Crippen LogP) is 2.75. The van der Waals surface area contributed by atoms with Crippen molar-refractivity contribution in [2.24, 2.45) is 12.8 Å². The van der Waals surface area contributed by atoms with Gasteiger partial charge in [0.15, 0.2) is 23.3 Å². The zero-order chi connectivity index (χ0) is 15.7. The summed E-state index contributed by atoms with van der Waals surface area (Å²) in [5, 5.41) is 3.90. The fourth-order valence-corrected chi connectivity index (χ4v) is 2.04. The highest BCUT2D eigenvalue weighted by molar-refractivity contribution is 5.27. The molecule has 0 fully saturated rings. The van der Waals surface area contributed by atoms with Gasteiger partial charge < -0.3 is 5.73 Å². The molecule has 0 saturated carbocycles. The summed E-state index contributed by atoms with van der Waals surface area (Å²) >= 11 is 0. The molecule has 0 aliphatic carbocycles. The number of nitrogens with two attached hydrogens (primary N) is 1. The zero-order valence-electron chi connectivity index (χ0n) is 11.0. The first-order chi connectivity index (χ1) is 9.84. The van der Waals surface area contributed by atoms with Crippen molar-refractivity contribution in [3.8, 4) is 0 Å². The minimum absolute atomic E-state index is 0.0118. The third kappa shape index (κ3) is 2.76. The number of nitrogens with zero attached hydrogens (tertiary/aromatic N) is 2. The van der Waals surface area contributed by atoms with Crippen LogP contribution in [0, 0.1) is 29.1 Å². The molecule has 2 rings (SSSR count). The number of hydrogen-bond acceptors (Lipinski definition) is 2. The predicted molar refractivity (Wildman–Crippen MR) is 64.7 cm³/mol. The van der Waals surface area contributed by atoms with Crippen LogP contribution in [0.5, 0.6) is 0 Å². The molecule has 0 aliphatic rings. The van der Waals surface area contributed by atoms with Gasteiger partial charge in [-0.15, -0.1) is 0 Å². The Morgan fingerprint density at radius 1 is 1.05 bits per heavy atom. The summed E-state index contributed by atoms with van der Waals surface area (Å²) in [4.78, 5) is 0. The number of aromatic nitrogens is 2. The highest BCUT2D eigenvalue weighted by atomic mass is 19.2. The van der Waals surface area contributed by atoms with E-state index in [4.69, 9.17) is 5.73 Å². The second-order valence-electron chi connectivity index (χ2n) is 4.57. The molecule has 3 nitrogen and oxygen atoms in total. The number of rotatable bonds is 4. The molecule has 8 heteroatoms. The van der Waals surface area contributed by atoms with Crippen molar-refractivity contribution in [1.29, 1.82) is 0 Å². The molecule has 114 valence electrons. The molecular weight excluding hydrogens is 293 g/mol. The normalized spacial score (nSPS) is 12.7. The fourth-order valence-electron chi connectivity index (χ4n) is 2.04. The van der Waals surface area contributed by atoms with E-state index < -0.39 is 40.7 Å². The molecule has 1 unspecified atom stereocenters. The maximum atomic E-state index is 13.6. The van der Waals surface area contributed by atoms with Crippen molar-refractivity contribution in [2.45, 2.75) is 18.9 Å². The van der Waals surface area contributed by atoms with E-state index in [1.807, 2.05) is 0 Å². The van der Waals surface area contributed by atoms with Crippen LogP contribution in [-0.2, 0) is 13.5 Å². The van der Waals surface area contributed by atoms with Gasteiger partial charge in [-0.05, 0) is 18.9 Å². The molecule has 1 atom stereocenters. The molecule has 0 amide bonds. The molecule has 0 radical (unpaired) electrons. The Bertz CT molecular complexity index is 639. The van der Waals surface area contributed by atoms with Crippen LogP contribution < -0.4 is 5.73 Å². The van der Waals surface area contributed by atoms with E-state index in [1.54, 1.807) is 13.1 Å². The molecule has 0 saturated heterocycles. The van der Waals surface area contributed by atoms with E-state index in [2.05, 4.69) is 5.10 Å². The topological polar surface area (TPSA) is 43.8 Å². The van der Waals surface area contributed by atoms with Crippen molar-refractivity contribution in [2.75, 3.05) is 0 Å². The average molecular weight is 305 g/mol. The van der Waals surface area contributed by atoms with Gasteiger partial charge in [-0.25, -0.2) is 22.0 Å². The van der Waals surface area contributed by atoms with Crippen molar-refractivity contribution in [1.82, 2.24) is 9.78 Å². The lowest BCUT2D eigenvalue weighted by Crippen LogP contribution is -2.19. The number of halogens is 5. The number of aryl methyl sites for hydroxylation is 2. The molecule has 2 N–H and O–H groups in total. The van der Waals surface area contributed by atoms with Gasteiger partial charge in [0.25, 0.3) is 0 Å². The Labute approximate surface area is 117 Å². The van der Waals surface area contributed by atoms with Crippen molar-refractivity contribution in [3.05, 3.63) is 52.6 Å². The van der Waals surface area contributed by atoms with Gasteiger partial charge in [-0.1, -0.05) is 0 Å². The summed E-state index contributed by atoms with van der Waals surface area (Å²) in [5.74, 6) is -9.93. The van der Waals surface area contributed by atoms with E-state index in [0.717, 1.165) is 5.69 Å². The van der Waals surface area contributed by atoms with Gasteiger partial charge in [0.2, 0.25) is 5.82 Å².